The molecule has 7 heteroatoms. The molecule has 0 saturated carbocycles. The van der Waals surface area contributed by atoms with E-state index in [-0.39, 0.29) is 52.8 Å². The zero-order chi connectivity index (χ0) is 17.7. The van der Waals surface area contributed by atoms with Crippen LogP contribution in [0.15, 0.2) is 0 Å². The van der Waals surface area contributed by atoms with E-state index in [1.54, 1.807) is 0 Å². The average molecular weight is 370 g/mol. The Bertz CT molecular complexity index is 382. The molecule has 136 valence electrons. The van der Waals surface area contributed by atoms with Gasteiger partial charge in [-0.15, -0.1) is 0 Å². The molecule has 2 amide bonds. The van der Waals surface area contributed by atoms with Crippen LogP contribution < -0.4 is 51.4 Å². The van der Waals surface area contributed by atoms with Crippen molar-refractivity contribution in [3.63, 3.8) is 0 Å². The van der Waals surface area contributed by atoms with E-state index in [9.17, 15) is 14.4 Å². The van der Waals surface area contributed by atoms with E-state index in [1.165, 1.54) is 32.1 Å². The molecule has 0 heterocycles. The molecule has 24 heavy (non-hydrogen) atoms. The van der Waals surface area contributed by atoms with Gasteiger partial charge in [-0.05, 0) is 12.8 Å². The minimum atomic E-state index is -1.49. The molecule has 0 aliphatic carbocycles. The van der Waals surface area contributed by atoms with Crippen molar-refractivity contribution in [1.29, 1.82) is 0 Å². The first-order valence-electron chi connectivity index (χ1n) is 8.70. The summed E-state index contributed by atoms with van der Waals surface area (Å²) in [7, 11) is 0. The molecule has 1 atom stereocenters. The van der Waals surface area contributed by atoms with Crippen LogP contribution in [-0.2, 0) is 9.59 Å². The molecule has 0 aliphatic rings. The van der Waals surface area contributed by atoms with Crippen LogP contribution >= 0.6 is 0 Å². The van der Waals surface area contributed by atoms with Crippen LogP contribution in [-0.4, -0.2) is 39.6 Å². The number of aliphatic carboxylic acids is 1. The number of nitrogens with zero attached hydrogens (tertiary/aromatic N) is 1. The van der Waals surface area contributed by atoms with Crippen LogP contribution in [0.4, 0.5) is 4.79 Å². The second kappa shape index (κ2) is 16.5. The maximum absolute atomic E-state index is 12.2. The van der Waals surface area contributed by atoms with Gasteiger partial charge in [0.15, 0.2) is 0 Å². The summed E-state index contributed by atoms with van der Waals surface area (Å²) in [6.45, 7) is 3.23. The Morgan fingerprint density at radius 2 is 1.42 bits per heavy atom. The van der Waals surface area contributed by atoms with Crippen LogP contribution in [0, 0.1) is 5.92 Å². The van der Waals surface area contributed by atoms with Crippen LogP contribution in [0.1, 0.15) is 79.5 Å². The van der Waals surface area contributed by atoms with Crippen molar-refractivity contribution in [2.24, 2.45) is 5.92 Å². The average Bonchev–Trinajstić information content (AvgIpc) is 2.50. The zero-order valence-electron chi connectivity index (χ0n) is 16.4. The van der Waals surface area contributed by atoms with Gasteiger partial charge in [0.05, 0.1) is 0 Å². The standard InChI is InChI=1S/C17H31NO5.K.H/c1-3-5-6-7-8-9-10-11-12-14(4-2)16(21)18(17(22)23)13-15(19)20;;/h14H,3-13H2,1-2H3,(H,19,20)(H,22,23);;/q;+1;-1. The van der Waals surface area contributed by atoms with Crippen molar-refractivity contribution < 1.29 is 77.4 Å². The number of hydrogen-bond donors (Lipinski definition) is 2. The predicted molar refractivity (Wildman–Crippen MR) is 89.5 cm³/mol. The second-order valence-corrected chi connectivity index (χ2v) is 5.97. The van der Waals surface area contributed by atoms with Gasteiger partial charge in [-0.25, -0.2) is 9.69 Å². The number of carbonyl (C=O) groups excluding carboxylic acids is 1. The minimum Gasteiger partial charge on any atom is -1.00 e. The van der Waals surface area contributed by atoms with E-state index < -0.39 is 30.4 Å². The molecule has 1 unspecified atom stereocenters. The van der Waals surface area contributed by atoms with Crippen molar-refractivity contribution in [3.8, 4) is 0 Å². The van der Waals surface area contributed by atoms with Crippen molar-refractivity contribution in [3.05, 3.63) is 0 Å². The van der Waals surface area contributed by atoms with Gasteiger partial charge < -0.3 is 11.6 Å². The first-order valence-corrected chi connectivity index (χ1v) is 8.70. The van der Waals surface area contributed by atoms with Gasteiger partial charge in [-0.2, -0.15) is 0 Å². The molecule has 0 radical (unpaired) electrons. The Hall–Kier alpha value is 0.0464. The molecule has 0 saturated heterocycles. The van der Waals surface area contributed by atoms with E-state index in [4.69, 9.17) is 10.2 Å². The van der Waals surface area contributed by atoms with Gasteiger partial charge in [0.1, 0.15) is 6.54 Å². The molecule has 0 aliphatic heterocycles. The third kappa shape index (κ3) is 12.4. The second-order valence-electron chi connectivity index (χ2n) is 5.97. The number of imide groups is 1. The van der Waals surface area contributed by atoms with Gasteiger partial charge in [0, 0.05) is 5.92 Å². The number of carbonyl (C=O) groups is 3. The molecular weight excluding hydrogens is 337 g/mol. The number of hydrogen-bond acceptors (Lipinski definition) is 3. The molecule has 0 aromatic heterocycles. The first-order chi connectivity index (χ1) is 10.9. The van der Waals surface area contributed by atoms with Gasteiger partial charge in [-0.1, -0.05) is 65.2 Å². The number of carboxylic acid groups (broad SMARTS) is 2. The Morgan fingerprint density at radius 1 is 0.917 bits per heavy atom. The topological polar surface area (TPSA) is 94.9 Å². The molecule has 2 N–H and O–H groups in total. The molecular formula is C17H32KNO5. The number of carboxylic acids is 1. The number of rotatable bonds is 13. The number of unbranched alkanes of at least 4 members (excludes halogenated alkanes) is 7. The van der Waals surface area contributed by atoms with Crippen LogP contribution in [0.3, 0.4) is 0 Å². The summed E-state index contributed by atoms with van der Waals surface area (Å²) in [5.41, 5.74) is 0. The van der Waals surface area contributed by atoms with Crippen LogP contribution in [0.2, 0.25) is 0 Å². The monoisotopic (exact) mass is 369 g/mol. The Labute approximate surface area is 189 Å². The van der Waals surface area contributed by atoms with E-state index in [1.807, 2.05) is 6.92 Å². The predicted octanol–water partition coefficient (Wildman–Crippen LogP) is 1.25. The largest absolute Gasteiger partial charge is 1.00 e. The molecule has 0 fully saturated rings. The van der Waals surface area contributed by atoms with Crippen LogP contribution in [0.5, 0.6) is 0 Å². The number of amides is 2. The molecule has 0 rings (SSSR count). The maximum atomic E-state index is 12.2. The van der Waals surface area contributed by atoms with Crippen LogP contribution in [0.25, 0.3) is 0 Å². The Balaban J connectivity index is -0.00000242. The summed E-state index contributed by atoms with van der Waals surface area (Å²) in [5.74, 6) is -2.32. The fraction of sp³-hybridized carbons (Fsp3) is 0.824. The quantitative estimate of drug-likeness (QED) is 0.376. The fourth-order valence-electron chi connectivity index (χ4n) is 2.62. The van der Waals surface area contributed by atoms with Gasteiger partial charge in [0.25, 0.3) is 0 Å². The van der Waals surface area contributed by atoms with Gasteiger partial charge in [-0.3, -0.25) is 9.59 Å². The third-order valence-electron chi connectivity index (χ3n) is 4.04. The molecule has 0 aromatic rings. The summed E-state index contributed by atoms with van der Waals surface area (Å²) in [6, 6.07) is 0. The smallest absolute Gasteiger partial charge is 1.00 e. The Kier molecular flexibility index (Phi) is 18.1. The minimum absolute atomic E-state index is 0. The summed E-state index contributed by atoms with van der Waals surface area (Å²) in [6.07, 6.45) is 8.92. The molecule has 0 spiro atoms. The SMILES string of the molecule is CCCCCCCCCCC(CC)C(=O)N(CC(=O)O)C(=O)O.[H-].[K+]. The summed E-state index contributed by atoms with van der Waals surface area (Å²) in [5, 5.41) is 17.7. The summed E-state index contributed by atoms with van der Waals surface area (Å²) in [4.78, 5) is 34.3. The van der Waals surface area contributed by atoms with Gasteiger partial charge >= 0.3 is 63.4 Å². The van der Waals surface area contributed by atoms with E-state index in [0.29, 0.717) is 17.7 Å². The zero-order valence-corrected chi connectivity index (χ0v) is 18.5. The van der Waals surface area contributed by atoms with Crippen molar-refractivity contribution in [2.75, 3.05) is 6.54 Å². The van der Waals surface area contributed by atoms with Crippen molar-refractivity contribution in [2.45, 2.75) is 78.1 Å². The van der Waals surface area contributed by atoms with Crippen molar-refractivity contribution >= 4 is 18.0 Å². The third-order valence-corrected chi connectivity index (χ3v) is 4.04. The Morgan fingerprint density at radius 3 is 1.83 bits per heavy atom. The normalized spacial score (nSPS) is 11.4. The van der Waals surface area contributed by atoms with E-state index in [2.05, 4.69) is 6.92 Å². The molecule has 0 bridgehead atoms. The van der Waals surface area contributed by atoms with E-state index in [0.717, 1.165) is 19.3 Å². The molecule has 6 nitrogen and oxygen atoms in total. The first kappa shape index (κ1) is 26.3. The van der Waals surface area contributed by atoms with E-state index >= 15 is 0 Å². The molecule has 0 aromatic carbocycles. The summed E-state index contributed by atoms with van der Waals surface area (Å²) >= 11 is 0. The van der Waals surface area contributed by atoms with Crippen molar-refractivity contribution in [1.82, 2.24) is 4.90 Å². The fourth-order valence-corrected chi connectivity index (χ4v) is 2.62. The maximum Gasteiger partial charge on any atom is 1.00 e. The van der Waals surface area contributed by atoms with Gasteiger partial charge in [0.2, 0.25) is 5.91 Å². The summed E-state index contributed by atoms with van der Waals surface area (Å²) < 4.78 is 0.